The second-order valence-electron chi connectivity index (χ2n) is 3.70. The van der Waals surface area contributed by atoms with Crippen molar-refractivity contribution >= 4 is 11.6 Å². The molecule has 0 unspecified atom stereocenters. The zero-order valence-corrected chi connectivity index (χ0v) is 10.00. The fourth-order valence-electron chi connectivity index (χ4n) is 1.43. The zero-order chi connectivity index (χ0) is 13.0. The third-order valence-corrected chi connectivity index (χ3v) is 2.30. The highest BCUT2D eigenvalue weighted by molar-refractivity contribution is 5.99. The van der Waals surface area contributed by atoms with Crippen LogP contribution in [0.25, 0.3) is 0 Å². The van der Waals surface area contributed by atoms with Crippen LogP contribution in [0.4, 0.5) is 14.5 Å². The van der Waals surface area contributed by atoms with Crippen molar-refractivity contribution in [2.75, 3.05) is 26.0 Å². The number of aryl methyl sites for hydroxylation is 1. The van der Waals surface area contributed by atoms with Crippen molar-refractivity contribution in [3.63, 3.8) is 0 Å². The Bertz CT molecular complexity index is 410. The SMILES string of the molecule is CNc1cc(C)ncc1C(=O)N(C)CC(F)F. The third kappa shape index (κ3) is 3.37. The van der Waals surface area contributed by atoms with Crippen molar-refractivity contribution < 1.29 is 13.6 Å². The summed E-state index contributed by atoms with van der Waals surface area (Å²) in [6.07, 6.45) is -1.15. The molecule has 6 heteroatoms. The van der Waals surface area contributed by atoms with Gasteiger partial charge in [0.25, 0.3) is 12.3 Å². The Morgan fingerprint density at radius 3 is 2.76 bits per heavy atom. The van der Waals surface area contributed by atoms with Gasteiger partial charge in [0.05, 0.1) is 17.8 Å². The van der Waals surface area contributed by atoms with Gasteiger partial charge in [-0.05, 0) is 13.0 Å². The molecule has 0 atom stereocenters. The number of hydrogen-bond donors (Lipinski definition) is 1. The fraction of sp³-hybridized carbons (Fsp3) is 0.455. The predicted molar refractivity (Wildman–Crippen MR) is 61.5 cm³/mol. The molecule has 4 nitrogen and oxygen atoms in total. The van der Waals surface area contributed by atoms with E-state index in [9.17, 15) is 13.6 Å². The summed E-state index contributed by atoms with van der Waals surface area (Å²) in [6, 6.07) is 1.70. The van der Waals surface area contributed by atoms with Crippen LogP contribution in [-0.4, -0.2) is 42.9 Å². The van der Waals surface area contributed by atoms with E-state index in [-0.39, 0.29) is 0 Å². The van der Waals surface area contributed by atoms with Crippen LogP contribution in [0.15, 0.2) is 12.3 Å². The van der Waals surface area contributed by atoms with E-state index in [0.717, 1.165) is 10.6 Å². The Morgan fingerprint density at radius 2 is 2.24 bits per heavy atom. The van der Waals surface area contributed by atoms with Crippen molar-refractivity contribution in [3.8, 4) is 0 Å². The molecule has 0 aliphatic heterocycles. The van der Waals surface area contributed by atoms with Crippen LogP contribution in [0.5, 0.6) is 0 Å². The van der Waals surface area contributed by atoms with E-state index < -0.39 is 18.9 Å². The highest BCUT2D eigenvalue weighted by Crippen LogP contribution is 2.17. The van der Waals surface area contributed by atoms with Gasteiger partial charge >= 0.3 is 0 Å². The minimum absolute atomic E-state index is 0.293. The van der Waals surface area contributed by atoms with Gasteiger partial charge in [-0.15, -0.1) is 0 Å². The molecule has 0 fully saturated rings. The number of hydrogen-bond acceptors (Lipinski definition) is 3. The van der Waals surface area contributed by atoms with E-state index in [2.05, 4.69) is 10.3 Å². The number of amides is 1. The Morgan fingerprint density at radius 1 is 1.59 bits per heavy atom. The van der Waals surface area contributed by atoms with Crippen LogP contribution in [0.3, 0.4) is 0 Å². The molecule has 1 N–H and O–H groups in total. The molecule has 1 rings (SSSR count). The first-order valence-corrected chi connectivity index (χ1v) is 5.13. The van der Waals surface area contributed by atoms with Gasteiger partial charge in [-0.1, -0.05) is 0 Å². The van der Waals surface area contributed by atoms with Gasteiger partial charge in [-0.3, -0.25) is 9.78 Å². The molecule has 17 heavy (non-hydrogen) atoms. The van der Waals surface area contributed by atoms with Gasteiger partial charge in [0, 0.05) is 26.0 Å². The highest BCUT2D eigenvalue weighted by Gasteiger charge is 2.18. The zero-order valence-electron chi connectivity index (χ0n) is 10.00. The maximum atomic E-state index is 12.2. The van der Waals surface area contributed by atoms with Gasteiger partial charge in [0.2, 0.25) is 0 Å². The Hall–Kier alpha value is -1.72. The van der Waals surface area contributed by atoms with Crippen molar-refractivity contribution in [3.05, 3.63) is 23.5 Å². The number of rotatable bonds is 4. The lowest BCUT2D eigenvalue weighted by molar-refractivity contribution is 0.0621. The van der Waals surface area contributed by atoms with Crippen LogP contribution >= 0.6 is 0 Å². The number of pyridine rings is 1. The lowest BCUT2D eigenvalue weighted by Gasteiger charge is -2.18. The standard InChI is InChI=1S/C11H15F2N3O/c1-7-4-9(14-2)8(5-15-7)11(17)16(3)6-10(12)13/h4-5,10H,6H2,1-3H3,(H,14,15). The molecule has 1 amide bonds. The first-order chi connectivity index (χ1) is 7.95. The van der Waals surface area contributed by atoms with Crippen LogP contribution in [0, 0.1) is 6.92 Å². The predicted octanol–water partition coefficient (Wildman–Crippen LogP) is 1.77. The van der Waals surface area contributed by atoms with Crippen LogP contribution in [0.1, 0.15) is 16.1 Å². The molecule has 0 aromatic carbocycles. The maximum Gasteiger partial charge on any atom is 0.257 e. The van der Waals surface area contributed by atoms with Gasteiger partial charge in [0.15, 0.2) is 0 Å². The van der Waals surface area contributed by atoms with E-state index in [4.69, 9.17) is 0 Å². The number of nitrogens with zero attached hydrogens (tertiary/aromatic N) is 2. The van der Waals surface area contributed by atoms with E-state index in [1.54, 1.807) is 20.0 Å². The molecular weight excluding hydrogens is 228 g/mol. The minimum atomic E-state index is -2.54. The first-order valence-electron chi connectivity index (χ1n) is 5.13. The largest absolute Gasteiger partial charge is 0.387 e. The minimum Gasteiger partial charge on any atom is -0.387 e. The van der Waals surface area contributed by atoms with E-state index >= 15 is 0 Å². The number of halogens is 2. The van der Waals surface area contributed by atoms with Crippen molar-refractivity contribution in [2.24, 2.45) is 0 Å². The second kappa shape index (κ2) is 5.56. The Labute approximate surface area is 98.6 Å². The summed E-state index contributed by atoms with van der Waals surface area (Å²) in [6.45, 7) is 1.20. The molecule has 0 aliphatic carbocycles. The monoisotopic (exact) mass is 243 g/mol. The number of alkyl halides is 2. The third-order valence-electron chi connectivity index (χ3n) is 2.30. The first kappa shape index (κ1) is 13.3. The summed E-state index contributed by atoms with van der Waals surface area (Å²) < 4.78 is 24.4. The summed E-state index contributed by atoms with van der Waals surface area (Å²) in [5, 5.41) is 2.85. The van der Waals surface area contributed by atoms with Crippen LogP contribution in [-0.2, 0) is 0 Å². The van der Waals surface area contributed by atoms with Crippen molar-refractivity contribution in [2.45, 2.75) is 13.3 Å². The number of carbonyl (C=O) groups excluding carboxylic acids is 1. The fourth-order valence-corrected chi connectivity index (χ4v) is 1.43. The number of anilines is 1. The van der Waals surface area contributed by atoms with E-state index in [1.165, 1.54) is 13.2 Å². The molecule has 0 saturated carbocycles. The lowest BCUT2D eigenvalue weighted by atomic mass is 10.2. The molecule has 1 heterocycles. The molecule has 94 valence electrons. The maximum absolute atomic E-state index is 12.2. The number of nitrogens with one attached hydrogen (secondary N) is 1. The molecule has 1 aromatic heterocycles. The summed E-state index contributed by atoms with van der Waals surface area (Å²) >= 11 is 0. The molecule has 0 bridgehead atoms. The summed E-state index contributed by atoms with van der Waals surface area (Å²) in [7, 11) is 3.01. The van der Waals surface area contributed by atoms with Crippen LogP contribution < -0.4 is 5.32 Å². The van der Waals surface area contributed by atoms with Crippen molar-refractivity contribution in [1.29, 1.82) is 0 Å². The average Bonchev–Trinajstić information content (AvgIpc) is 2.27. The summed E-state index contributed by atoms with van der Waals surface area (Å²) in [5.41, 5.74) is 1.63. The van der Waals surface area contributed by atoms with Gasteiger partial charge in [-0.2, -0.15) is 0 Å². The second-order valence-corrected chi connectivity index (χ2v) is 3.70. The molecular formula is C11H15F2N3O. The summed E-state index contributed by atoms with van der Waals surface area (Å²) in [5.74, 6) is -0.470. The molecule has 0 saturated heterocycles. The molecule has 0 spiro atoms. The molecule has 1 aromatic rings. The number of aromatic nitrogens is 1. The smallest absolute Gasteiger partial charge is 0.257 e. The lowest BCUT2D eigenvalue weighted by Crippen LogP contribution is -2.31. The topological polar surface area (TPSA) is 45.2 Å². The number of carbonyl (C=O) groups is 1. The van der Waals surface area contributed by atoms with Gasteiger partial charge < -0.3 is 10.2 Å². The van der Waals surface area contributed by atoms with Crippen LogP contribution in [0.2, 0.25) is 0 Å². The summed E-state index contributed by atoms with van der Waals surface area (Å²) in [4.78, 5) is 16.9. The Kier molecular flexibility index (Phi) is 4.37. The van der Waals surface area contributed by atoms with Gasteiger partial charge in [-0.25, -0.2) is 8.78 Å². The van der Waals surface area contributed by atoms with Gasteiger partial charge in [0.1, 0.15) is 0 Å². The highest BCUT2D eigenvalue weighted by atomic mass is 19.3. The van der Waals surface area contributed by atoms with Crippen molar-refractivity contribution in [1.82, 2.24) is 9.88 Å². The average molecular weight is 243 g/mol. The normalized spacial score (nSPS) is 10.5. The Balaban J connectivity index is 2.95. The molecule has 0 aliphatic rings. The quantitative estimate of drug-likeness (QED) is 0.876. The molecule has 0 radical (unpaired) electrons. The van der Waals surface area contributed by atoms with E-state index in [0.29, 0.717) is 11.3 Å². The van der Waals surface area contributed by atoms with E-state index in [1.807, 2.05) is 0 Å².